The van der Waals surface area contributed by atoms with E-state index in [1.54, 1.807) is 14.2 Å². The fourth-order valence-electron chi connectivity index (χ4n) is 2.20. The highest BCUT2D eigenvalue weighted by molar-refractivity contribution is 5.39. The molecule has 0 bridgehead atoms. The van der Waals surface area contributed by atoms with E-state index < -0.39 is 5.60 Å². The number of aliphatic hydroxyl groups is 1. The third kappa shape index (κ3) is 1.93. The lowest BCUT2D eigenvalue weighted by Gasteiger charge is -2.29. The second-order valence-corrected chi connectivity index (χ2v) is 4.33. The van der Waals surface area contributed by atoms with E-state index in [0.717, 1.165) is 24.2 Å². The number of hydrogen-bond acceptors (Lipinski definition) is 3. The summed E-state index contributed by atoms with van der Waals surface area (Å²) in [6, 6.07) is 7.61. The van der Waals surface area contributed by atoms with Crippen molar-refractivity contribution in [2.45, 2.75) is 18.4 Å². The molecule has 0 aliphatic heterocycles. The Kier molecular flexibility index (Phi) is 3.17. The van der Waals surface area contributed by atoms with Crippen molar-refractivity contribution in [2.24, 2.45) is 5.92 Å². The van der Waals surface area contributed by atoms with Crippen LogP contribution in [0, 0.1) is 5.92 Å². The maximum absolute atomic E-state index is 10.7. The van der Waals surface area contributed by atoms with Gasteiger partial charge in [-0.2, -0.15) is 0 Å². The first kappa shape index (κ1) is 11.4. The quantitative estimate of drug-likeness (QED) is 0.827. The normalized spacial score (nSPS) is 19.2. The molecule has 1 aliphatic rings. The molecule has 0 heterocycles. The Morgan fingerprint density at radius 3 is 2.56 bits per heavy atom. The summed E-state index contributed by atoms with van der Waals surface area (Å²) in [7, 11) is 3.24. The molecule has 1 aromatic carbocycles. The van der Waals surface area contributed by atoms with Gasteiger partial charge in [-0.15, -0.1) is 0 Å². The van der Waals surface area contributed by atoms with E-state index in [1.807, 2.05) is 24.3 Å². The van der Waals surface area contributed by atoms with E-state index in [4.69, 9.17) is 9.47 Å². The van der Waals surface area contributed by atoms with Gasteiger partial charge >= 0.3 is 0 Å². The Balaban J connectivity index is 2.37. The highest BCUT2D eigenvalue weighted by Gasteiger charge is 2.46. The van der Waals surface area contributed by atoms with Crippen LogP contribution in [0.1, 0.15) is 18.4 Å². The van der Waals surface area contributed by atoms with E-state index in [1.165, 1.54) is 0 Å². The van der Waals surface area contributed by atoms with Gasteiger partial charge < -0.3 is 14.6 Å². The van der Waals surface area contributed by atoms with E-state index in [0.29, 0.717) is 12.5 Å². The molecule has 1 N–H and O–H groups in total. The van der Waals surface area contributed by atoms with Crippen LogP contribution in [-0.4, -0.2) is 25.9 Å². The van der Waals surface area contributed by atoms with Crippen LogP contribution in [0.5, 0.6) is 5.75 Å². The lowest BCUT2D eigenvalue weighted by atomic mass is 9.89. The molecule has 0 aromatic heterocycles. The summed E-state index contributed by atoms with van der Waals surface area (Å²) in [6.45, 7) is 0.317. The molecule has 1 fully saturated rings. The van der Waals surface area contributed by atoms with Crippen LogP contribution in [0.2, 0.25) is 0 Å². The highest BCUT2D eigenvalue weighted by atomic mass is 16.5. The summed E-state index contributed by atoms with van der Waals surface area (Å²) >= 11 is 0. The molecule has 1 atom stereocenters. The molecule has 16 heavy (non-hydrogen) atoms. The van der Waals surface area contributed by atoms with Crippen molar-refractivity contribution < 1.29 is 14.6 Å². The second kappa shape index (κ2) is 4.44. The Morgan fingerprint density at radius 2 is 2.00 bits per heavy atom. The van der Waals surface area contributed by atoms with Gasteiger partial charge in [0.1, 0.15) is 11.4 Å². The van der Waals surface area contributed by atoms with E-state index in [2.05, 4.69) is 0 Å². The van der Waals surface area contributed by atoms with Gasteiger partial charge in [0.2, 0.25) is 0 Å². The lowest BCUT2D eigenvalue weighted by Crippen LogP contribution is -2.34. The zero-order chi connectivity index (χ0) is 11.6. The molecule has 1 aromatic rings. The molecular weight excluding hydrogens is 204 g/mol. The number of methoxy groups -OCH3 is 2. The molecular formula is C13H18O3. The molecule has 3 nitrogen and oxygen atoms in total. The maximum atomic E-state index is 10.7. The van der Waals surface area contributed by atoms with Crippen molar-refractivity contribution in [3.8, 4) is 5.75 Å². The van der Waals surface area contributed by atoms with Crippen LogP contribution in [0.3, 0.4) is 0 Å². The topological polar surface area (TPSA) is 38.7 Å². The van der Waals surface area contributed by atoms with Crippen molar-refractivity contribution in [3.63, 3.8) is 0 Å². The fraction of sp³-hybridized carbons (Fsp3) is 0.538. The fourth-order valence-corrected chi connectivity index (χ4v) is 2.20. The predicted octanol–water partition coefficient (Wildman–Crippen LogP) is 1.94. The van der Waals surface area contributed by atoms with Gasteiger partial charge in [-0.05, 0) is 24.8 Å². The molecule has 0 amide bonds. The minimum Gasteiger partial charge on any atom is -0.496 e. The molecule has 0 saturated heterocycles. The Hall–Kier alpha value is -1.06. The van der Waals surface area contributed by atoms with Crippen molar-refractivity contribution >= 4 is 0 Å². The minimum atomic E-state index is -0.901. The second-order valence-electron chi connectivity index (χ2n) is 4.33. The van der Waals surface area contributed by atoms with Crippen LogP contribution >= 0.6 is 0 Å². The molecule has 88 valence electrons. The Labute approximate surface area is 96.0 Å². The van der Waals surface area contributed by atoms with Crippen LogP contribution in [0.4, 0.5) is 0 Å². The first-order valence-corrected chi connectivity index (χ1v) is 5.57. The number of para-hydroxylation sites is 1. The third-order valence-corrected chi connectivity index (χ3v) is 3.19. The number of benzene rings is 1. The molecule has 0 spiro atoms. The summed E-state index contributed by atoms with van der Waals surface area (Å²) < 4.78 is 10.5. The smallest absolute Gasteiger partial charge is 0.125 e. The van der Waals surface area contributed by atoms with Gasteiger partial charge in [-0.25, -0.2) is 0 Å². The molecule has 1 aliphatic carbocycles. The van der Waals surface area contributed by atoms with E-state index in [-0.39, 0.29) is 0 Å². The SMILES string of the molecule is COCC(O)(c1ccccc1OC)C1CC1. The summed E-state index contributed by atoms with van der Waals surface area (Å²) in [5, 5.41) is 10.7. The van der Waals surface area contributed by atoms with Crippen LogP contribution in [0.25, 0.3) is 0 Å². The average molecular weight is 222 g/mol. The molecule has 1 saturated carbocycles. The summed E-state index contributed by atoms with van der Waals surface area (Å²) in [4.78, 5) is 0. The maximum Gasteiger partial charge on any atom is 0.125 e. The van der Waals surface area contributed by atoms with E-state index in [9.17, 15) is 5.11 Å². The average Bonchev–Trinajstić information content (AvgIpc) is 3.13. The Bertz CT molecular complexity index is 360. The third-order valence-electron chi connectivity index (χ3n) is 3.19. The van der Waals surface area contributed by atoms with Crippen LogP contribution < -0.4 is 4.74 Å². The standard InChI is InChI=1S/C13H18O3/c1-15-9-13(14,10-7-8-10)11-5-3-4-6-12(11)16-2/h3-6,10,14H,7-9H2,1-2H3. The Morgan fingerprint density at radius 1 is 1.31 bits per heavy atom. The first-order chi connectivity index (χ1) is 7.72. The molecule has 2 rings (SSSR count). The monoisotopic (exact) mass is 222 g/mol. The zero-order valence-corrected chi connectivity index (χ0v) is 9.77. The van der Waals surface area contributed by atoms with Gasteiger partial charge in [0.05, 0.1) is 13.7 Å². The van der Waals surface area contributed by atoms with Gasteiger partial charge in [0.25, 0.3) is 0 Å². The van der Waals surface area contributed by atoms with Crippen molar-refractivity contribution in [1.29, 1.82) is 0 Å². The van der Waals surface area contributed by atoms with Gasteiger partial charge in [0, 0.05) is 12.7 Å². The molecule has 3 heteroatoms. The summed E-state index contributed by atoms with van der Waals surface area (Å²) in [5.74, 6) is 1.03. The van der Waals surface area contributed by atoms with Crippen LogP contribution in [0.15, 0.2) is 24.3 Å². The number of rotatable bonds is 5. The largest absolute Gasteiger partial charge is 0.496 e. The van der Waals surface area contributed by atoms with Crippen LogP contribution in [-0.2, 0) is 10.3 Å². The van der Waals surface area contributed by atoms with E-state index >= 15 is 0 Å². The molecule has 0 radical (unpaired) electrons. The number of hydrogen-bond donors (Lipinski definition) is 1. The minimum absolute atomic E-state index is 0.295. The zero-order valence-electron chi connectivity index (χ0n) is 9.77. The van der Waals surface area contributed by atoms with Gasteiger partial charge in [-0.3, -0.25) is 0 Å². The van der Waals surface area contributed by atoms with Gasteiger partial charge in [-0.1, -0.05) is 18.2 Å². The first-order valence-electron chi connectivity index (χ1n) is 5.57. The number of ether oxygens (including phenoxy) is 2. The van der Waals surface area contributed by atoms with Gasteiger partial charge in [0.15, 0.2) is 0 Å². The van der Waals surface area contributed by atoms with Crippen molar-refractivity contribution in [2.75, 3.05) is 20.8 Å². The van der Waals surface area contributed by atoms with Crippen molar-refractivity contribution in [1.82, 2.24) is 0 Å². The predicted molar refractivity (Wildman–Crippen MR) is 61.5 cm³/mol. The lowest BCUT2D eigenvalue weighted by molar-refractivity contribution is -0.0545. The highest BCUT2D eigenvalue weighted by Crippen LogP contribution is 2.48. The summed E-state index contributed by atoms with van der Waals surface area (Å²) in [6.07, 6.45) is 2.11. The molecule has 1 unspecified atom stereocenters. The summed E-state index contributed by atoms with van der Waals surface area (Å²) in [5.41, 5.74) is -0.0664. The van der Waals surface area contributed by atoms with Crippen molar-refractivity contribution in [3.05, 3.63) is 29.8 Å².